The number of halogens is 13. The molecule has 0 saturated carbocycles. The molecule has 0 aliphatic carbocycles. The van der Waals surface area contributed by atoms with Gasteiger partial charge in [0, 0.05) is 168 Å². The zero-order valence-corrected chi connectivity index (χ0v) is 77.1. The van der Waals surface area contributed by atoms with Gasteiger partial charge in [-0.05, 0) is 101 Å². The molecule has 20 rings (SSSR count). The second-order valence-electron chi connectivity index (χ2n) is 33.7. The molecule has 29 nitrogen and oxygen atoms in total. The molecule has 756 valence electrons. The van der Waals surface area contributed by atoms with E-state index in [0.717, 1.165) is 73.9 Å². The summed E-state index contributed by atoms with van der Waals surface area (Å²) in [6.07, 6.45) is 5.88. The smallest absolute Gasteiger partial charge is 0.416 e. The number of aromatic nitrogens is 19. The van der Waals surface area contributed by atoms with Gasteiger partial charge in [0.25, 0.3) is 6.43 Å². The van der Waals surface area contributed by atoms with Crippen molar-refractivity contribution < 1.29 is 85.2 Å². The standard InChI is InChI=1S/C26H21F5N6O.C26H24F2N6O.C25H20F3N5O2S.C22H15F3N6O2.4CH4/c1-13(2)22-16(5-4-6-32-22)23-33-10-15-9-21(38)37(25(15)35-23)11-17-18(27)7-14(8-19(17)28)24-34-20(12-36(24)3)26(29,30)31;1-15(2)22-19(5-4-10-29-22)24-30-12-18-11-21(35)34(26(18)32-24)13-16-6-8-17(9-7-16)25-31-20(23(27)28)14-33(25)3;1-32-14-20(25(26,27)28)30-23(32)16-9-7-15(8-10-16)13-33-21(34)11-17-12-29-22(31-24(17)33)18-5-3-4-6-19(18)36(2)35;23-17-7-9-31(29-17)15-5-3-13(4-6-15)12-30-18(32)10-14-11-27-19(28-20(14)30)16-2-1-8-26-21(16)33-22(24)25;;;;/h4-8,10,12-13H,9,11H2,1-3H3;4-10,12,14-15,23H,11,13H2,1-3H3;3-10,12,14H,11,13H2,1-2H3;1-9,11,22H,10,12H2;4*1H4. The van der Waals surface area contributed by atoms with Gasteiger partial charge >= 0.3 is 19.0 Å². The molecule has 15 heterocycles. The maximum atomic E-state index is 15.1. The summed E-state index contributed by atoms with van der Waals surface area (Å²) in [6, 6.07) is 42.0. The highest BCUT2D eigenvalue weighted by Gasteiger charge is 2.40. The first kappa shape index (κ1) is 107. The number of rotatable bonds is 22. The molecule has 0 spiro atoms. The molecule has 4 aliphatic heterocycles. The molecule has 1 atom stereocenters. The van der Waals surface area contributed by atoms with E-state index >= 15 is 8.78 Å². The molecular formula is C103H96F13N23O6S. The Hall–Kier alpha value is -16.4. The lowest BCUT2D eigenvalue weighted by Crippen LogP contribution is -2.28. The third kappa shape index (κ3) is 22.9. The first-order valence-electron chi connectivity index (χ1n) is 43.7. The number of aryl methyl sites for hydroxylation is 3. The number of fused-ring (bicyclic) bond motifs is 4. The fraction of sp³-hybridized carbons (Fsp3) is 0.252. The van der Waals surface area contributed by atoms with Crippen LogP contribution in [0.15, 0.2) is 225 Å². The number of alkyl halides is 10. The molecule has 0 bridgehead atoms. The van der Waals surface area contributed by atoms with Crippen LogP contribution in [-0.4, -0.2) is 134 Å². The molecule has 11 aromatic heterocycles. The van der Waals surface area contributed by atoms with Crippen LogP contribution in [-0.2, 0) is 115 Å². The van der Waals surface area contributed by atoms with Crippen LogP contribution in [0.5, 0.6) is 5.88 Å². The van der Waals surface area contributed by atoms with Gasteiger partial charge in [-0.25, -0.2) is 82.1 Å². The fourth-order valence-electron chi connectivity index (χ4n) is 16.4. The summed E-state index contributed by atoms with van der Waals surface area (Å²) in [6.45, 7) is 5.39. The van der Waals surface area contributed by atoms with Crippen LogP contribution in [0.1, 0.15) is 149 Å². The minimum Gasteiger partial charge on any atom is -0.416 e. The molecule has 43 heteroatoms. The van der Waals surface area contributed by atoms with E-state index in [-0.39, 0.29) is 144 Å². The van der Waals surface area contributed by atoms with Gasteiger partial charge in [0.1, 0.15) is 58.1 Å². The highest BCUT2D eigenvalue weighted by atomic mass is 32.2. The summed E-state index contributed by atoms with van der Waals surface area (Å²) in [4.78, 5) is 117. The predicted octanol–water partition coefficient (Wildman–Crippen LogP) is 21.0. The van der Waals surface area contributed by atoms with E-state index in [1.807, 2.05) is 62.4 Å². The summed E-state index contributed by atoms with van der Waals surface area (Å²) in [5, 5.41) is 3.73. The van der Waals surface area contributed by atoms with E-state index in [9.17, 15) is 71.7 Å². The second-order valence-corrected chi connectivity index (χ2v) is 35.1. The number of hydrogen-bond donors (Lipinski definition) is 0. The highest BCUT2D eigenvalue weighted by Crippen LogP contribution is 2.42. The summed E-state index contributed by atoms with van der Waals surface area (Å²) in [7, 11) is 3.25. The summed E-state index contributed by atoms with van der Waals surface area (Å²) in [5.41, 5.74) is 8.09. The van der Waals surface area contributed by atoms with Gasteiger partial charge in [-0.2, -0.15) is 39.5 Å². The van der Waals surface area contributed by atoms with Crippen LogP contribution < -0.4 is 24.3 Å². The van der Waals surface area contributed by atoms with Gasteiger partial charge in [0.15, 0.2) is 34.7 Å². The van der Waals surface area contributed by atoms with Crippen molar-refractivity contribution in [1.82, 2.24) is 93.3 Å². The second kappa shape index (κ2) is 44.2. The molecular weight excluding hydrogens is 1930 g/mol. The van der Waals surface area contributed by atoms with E-state index in [0.29, 0.717) is 91.3 Å². The maximum Gasteiger partial charge on any atom is 0.434 e. The average molecular weight is 2030 g/mol. The van der Waals surface area contributed by atoms with Crippen LogP contribution in [0, 0.1) is 17.6 Å². The van der Waals surface area contributed by atoms with E-state index in [1.165, 1.54) is 76.3 Å². The molecule has 4 amide bonds. The topological polar surface area (TPSA) is 321 Å². The van der Waals surface area contributed by atoms with Crippen molar-refractivity contribution in [3.8, 4) is 91.3 Å². The quantitative estimate of drug-likeness (QED) is 0.0569. The fourth-order valence-corrected chi connectivity index (χ4v) is 17.1. The van der Waals surface area contributed by atoms with Gasteiger partial charge in [0.05, 0.1) is 85.3 Å². The van der Waals surface area contributed by atoms with Gasteiger partial charge in [-0.15, -0.1) is 5.10 Å². The van der Waals surface area contributed by atoms with Crippen LogP contribution in [0.3, 0.4) is 0 Å². The van der Waals surface area contributed by atoms with Crippen molar-refractivity contribution >= 4 is 57.7 Å². The lowest BCUT2D eigenvalue weighted by molar-refractivity contribution is -0.141. The average Bonchev–Trinajstić information content (AvgIpc) is 1.64. The number of hydrogen-bond acceptors (Lipinski definition) is 21. The summed E-state index contributed by atoms with van der Waals surface area (Å²) < 4.78 is 195. The van der Waals surface area contributed by atoms with Crippen LogP contribution in [0.25, 0.3) is 85.4 Å². The minimum absolute atomic E-state index is 0. The Labute approximate surface area is 832 Å². The molecule has 16 aromatic rings. The largest absolute Gasteiger partial charge is 0.434 e. The Morgan fingerprint density at radius 3 is 1.15 bits per heavy atom. The Kier molecular flexibility index (Phi) is 32.4. The van der Waals surface area contributed by atoms with Crippen molar-refractivity contribution in [2.24, 2.45) is 21.1 Å². The molecule has 5 aromatic carbocycles. The molecule has 0 N–H and O–H groups in total. The number of benzene rings is 5. The van der Waals surface area contributed by atoms with Gasteiger partial charge < -0.3 is 18.4 Å². The minimum atomic E-state index is -4.71. The monoisotopic (exact) mass is 2030 g/mol. The first-order chi connectivity index (χ1) is 67.8. The predicted molar refractivity (Wildman–Crippen MR) is 521 cm³/mol. The lowest BCUT2D eigenvalue weighted by Gasteiger charge is -2.19. The number of amides is 4. The lowest BCUT2D eigenvalue weighted by atomic mass is 10.0. The number of anilines is 4. The SMILES string of the molecule is C.C.C.C.CC(C)c1ncccc1-c1ncc2c(n1)N(Cc1c(F)cc(-c3nc(C(F)(F)F)cn3C)cc1F)C(=O)C2.CC(C)c1ncccc1-c1ncc2c(n1)N(Cc1ccc(-c3nc(C(F)F)cn3C)cc1)C(=O)C2.Cn1cc(C(F)(F)F)nc1-c1ccc(CN2C(=O)Cc3cnc(-c4ccccc4S(C)=O)nc32)cc1.O=C1Cc2cnc(-c3cccnc3OC(F)F)nc2N1Cc1ccc(-n2ccc(F)n2)cc1. The van der Waals surface area contributed by atoms with Crippen molar-refractivity contribution in [3.63, 3.8) is 0 Å². The van der Waals surface area contributed by atoms with Crippen molar-refractivity contribution in [2.75, 3.05) is 25.9 Å². The number of carbonyl (C=O) groups is 4. The van der Waals surface area contributed by atoms with Gasteiger partial charge in [0.2, 0.25) is 35.5 Å². The maximum absolute atomic E-state index is 15.1. The zero-order valence-electron chi connectivity index (χ0n) is 76.3. The van der Waals surface area contributed by atoms with E-state index in [4.69, 9.17) is 4.98 Å². The third-order valence-electron chi connectivity index (χ3n) is 23.2. The first-order valence-corrected chi connectivity index (χ1v) is 45.3. The normalized spacial score (nSPS) is 13.1. The van der Waals surface area contributed by atoms with E-state index in [1.54, 1.807) is 131 Å². The number of imidazole rings is 3. The molecule has 1 unspecified atom stereocenters. The number of carbonyl (C=O) groups excluding carboxylic acids is 4. The Morgan fingerprint density at radius 2 is 0.774 bits per heavy atom. The molecule has 0 fully saturated rings. The van der Waals surface area contributed by atoms with Crippen molar-refractivity contribution in [3.05, 3.63) is 310 Å². The molecule has 0 radical (unpaired) electrons. The highest BCUT2D eigenvalue weighted by molar-refractivity contribution is 7.84. The van der Waals surface area contributed by atoms with Crippen molar-refractivity contribution in [2.45, 2.75) is 151 Å². The summed E-state index contributed by atoms with van der Waals surface area (Å²) >= 11 is 0. The van der Waals surface area contributed by atoms with Gasteiger partial charge in [-0.1, -0.05) is 130 Å². The van der Waals surface area contributed by atoms with Crippen LogP contribution >= 0.6 is 0 Å². The number of nitrogens with zero attached hydrogens (tertiary/aromatic N) is 23. The van der Waals surface area contributed by atoms with E-state index in [2.05, 4.69) is 88.5 Å². The van der Waals surface area contributed by atoms with Crippen LogP contribution in [0.2, 0.25) is 0 Å². The summed E-state index contributed by atoms with van der Waals surface area (Å²) in [5.74, 6) is 0.101. The zero-order chi connectivity index (χ0) is 101. The Bertz CT molecular complexity index is 7520. The third-order valence-corrected chi connectivity index (χ3v) is 24.2. The Balaban J connectivity index is 0.000000162. The van der Waals surface area contributed by atoms with Crippen molar-refractivity contribution in [1.29, 1.82) is 0 Å². The van der Waals surface area contributed by atoms with Gasteiger partial charge in [-0.3, -0.25) is 53.0 Å². The molecule has 146 heavy (non-hydrogen) atoms. The Morgan fingerprint density at radius 1 is 0.411 bits per heavy atom. The molecule has 4 aliphatic rings. The van der Waals surface area contributed by atoms with E-state index < -0.39 is 83.2 Å². The number of ether oxygens (including phenoxy) is 1. The molecule has 0 saturated heterocycles. The number of pyridine rings is 3. The van der Waals surface area contributed by atoms with Crippen LogP contribution in [0.4, 0.5) is 80.3 Å².